The molecule has 2 aromatic rings. The summed E-state index contributed by atoms with van der Waals surface area (Å²) in [5.41, 5.74) is 1.90. The summed E-state index contributed by atoms with van der Waals surface area (Å²) in [6.45, 7) is 3.47. The maximum Gasteiger partial charge on any atom is 0.251 e. The summed E-state index contributed by atoms with van der Waals surface area (Å²) in [7, 11) is 0. The number of aryl methyl sites for hydroxylation is 1. The predicted molar refractivity (Wildman–Crippen MR) is 101 cm³/mol. The lowest BCUT2D eigenvalue weighted by Crippen LogP contribution is -2.46. The van der Waals surface area contributed by atoms with Gasteiger partial charge in [0.2, 0.25) is 6.41 Å². The SMILES string of the molecule is O=CN1CCN(c2cc(C(=O)NCCCc3ccccc3)ccn2)CC1. The molecule has 0 aliphatic carbocycles. The molecule has 0 atom stereocenters. The molecule has 0 unspecified atom stereocenters. The monoisotopic (exact) mass is 352 g/mol. The van der Waals surface area contributed by atoms with E-state index >= 15 is 0 Å². The third kappa shape index (κ3) is 4.81. The molecule has 1 N–H and O–H groups in total. The lowest BCUT2D eigenvalue weighted by atomic mass is 10.1. The lowest BCUT2D eigenvalue weighted by molar-refractivity contribution is -0.118. The van der Waals surface area contributed by atoms with Gasteiger partial charge in [0.15, 0.2) is 0 Å². The van der Waals surface area contributed by atoms with Crippen LogP contribution in [0.4, 0.5) is 5.82 Å². The average Bonchev–Trinajstić information content (AvgIpc) is 2.72. The summed E-state index contributed by atoms with van der Waals surface area (Å²) in [4.78, 5) is 31.4. The fourth-order valence-corrected chi connectivity index (χ4v) is 3.03. The zero-order chi connectivity index (χ0) is 18.2. The van der Waals surface area contributed by atoms with E-state index in [1.54, 1.807) is 17.2 Å². The number of hydrogen-bond donors (Lipinski definition) is 1. The second-order valence-electron chi connectivity index (χ2n) is 6.38. The molecular weight excluding hydrogens is 328 g/mol. The first kappa shape index (κ1) is 17.9. The first-order valence-corrected chi connectivity index (χ1v) is 8.99. The van der Waals surface area contributed by atoms with Crippen molar-refractivity contribution in [1.29, 1.82) is 0 Å². The van der Waals surface area contributed by atoms with Crippen molar-refractivity contribution in [3.05, 3.63) is 59.8 Å². The number of rotatable bonds is 7. The maximum atomic E-state index is 12.4. The van der Waals surface area contributed by atoms with Crippen molar-refractivity contribution in [2.75, 3.05) is 37.6 Å². The third-order valence-corrected chi connectivity index (χ3v) is 4.57. The van der Waals surface area contributed by atoms with Gasteiger partial charge in [0.1, 0.15) is 5.82 Å². The number of carbonyl (C=O) groups excluding carboxylic acids is 2. The Morgan fingerprint density at radius 1 is 1.12 bits per heavy atom. The molecule has 1 aliphatic heterocycles. The van der Waals surface area contributed by atoms with E-state index in [4.69, 9.17) is 0 Å². The van der Waals surface area contributed by atoms with Crippen molar-refractivity contribution in [1.82, 2.24) is 15.2 Å². The molecule has 0 bridgehead atoms. The van der Waals surface area contributed by atoms with E-state index in [0.29, 0.717) is 25.2 Å². The van der Waals surface area contributed by atoms with Gasteiger partial charge >= 0.3 is 0 Å². The molecule has 1 fully saturated rings. The fraction of sp³-hybridized carbons (Fsp3) is 0.350. The van der Waals surface area contributed by atoms with Crippen LogP contribution in [0.25, 0.3) is 0 Å². The second kappa shape index (κ2) is 8.99. The summed E-state index contributed by atoms with van der Waals surface area (Å²) >= 11 is 0. The quantitative estimate of drug-likeness (QED) is 0.609. The van der Waals surface area contributed by atoms with Gasteiger partial charge in [-0.2, -0.15) is 0 Å². The molecule has 0 saturated carbocycles. The molecule has 1 aromatic heterocycles. The molecule has 0 spiro atoms. The first-order chi connectivity index (χ1) is 12.8. The molecule has 2 heterocycles. The van der Waals surface area contributed by atoms with Crippen molar-refractivity contribution in [2.45, 2.75) is 12.8 Å². The Hall–Kier alpha value is -2.89. The highest BCUT2D eigenvalue weighted by Gasteiger charge is 2.17. The van der Waals surface area contributed by atoms with Crippen LogP contribution in [0.1, 0.15) is 22.3 Å². The van der Waals surface area contributed by atoms with E-state index in [0.717, 1.165) is 38.2 Å². The van der Waals surface area contributed by atoms with Crippen LogP contribution in [0.3, 0.4) is 0 Å². The smallest absolute Gasteiger partial charge is 0.251 e. The van der Waals surface area contributed by atoms with E-state index in [-0.39, 0.29) is 5.91 Å². The van der Waals surface area contributed by atoms with Crippen LogP contribution < -0.4 is 10.2 Å². The predicted octanol–water partition coefficient (Wildman–Crippen LogP) is 1.72. The highest BCUT2D eigenvalue weighted by Crippen LogP contribution is 2.15. The minimum Gasteiger partial charge on any atom is -0.353 e. The molecular formula is C20H24N4O2. The molecule has 26 heavy (non-hydrogen) atoms. The van der Waals surface area contributed by atoms with Gasteiger partial charge in [-0.3, -0.25) is 9.59 Å². The molecule has 6 nitrogen and oxygen atoms in total. The van der Waals surface area contributed by atoms with Gasteiger partial charge in [0.25, 0.3) is 5.91 Å². The summed E-state index contributed by atoms with van der Waals surface area (Å²) in [6.07, 6.45) is 4.40. The zero-order valence-electron chi connectivity index (χ0n) is 14.8. The van der Waals surface area contributed by atoms with Gasteiger partial charge in [0.05, 0.1) is 0 Å². The van der Waals surface area contributed by atoms with E-state index in [1.807, 2.05) is 24.3 Å². The van der Waals surface area contributed by atoms with E-state index in [1.165, 1.54) is 5.56 Å². The Kier molecular flexibility index (Phi) is 6.19. The third-order valence-electron chi connectivity index (χ3n) is 4.57. The van der Waals surface area contributed by atoms with Gasteiger partial charge in [-0.1, -0.05) is 30.3 Å². The van der Waals surface area contributed by atoms with Crippen molar-refractivity contribution >= 4 is 18.1 Å². The van der Waals surface area contributed by atoms with Crippen LogP contribution in [0, 0.1) is 0 Å². The Balaban J connectivity index is 1.49. The molecule has 1 aliphatic rings. The number of amides is 2. The van der Waals surface area contributed by atoms with Crippen LogP contribution in [0.5, 0.6) is 0 Å². The Labute approximate surface area is 153 Å². The number of carbonyl (C=O) groups is 2. The number of nitrogens with one attached hydrogen (secondary N) is 1. The number of hydrogen-bond acceptors (Lipinski definition) is 4. The van der Waals surface area contributed by atoms with Gasteiger partial charge in [-0.25, -0.2) is 4.98 Å². The second-order valence-corrected chi connectivity index (χ2v) is 6.38. The fourth-order valence-electron chi connectivity index (χ4n) is 3.03. The Morgan fingerprint density at radius 2 is 1.88 bits per heavy atom. The van der Waals surface area contributed by atoms with Gasteiger partial charge in [-0.15, -0.1) is 0 Å². The molecule has 1 saturated heterocycles. The number of pyridine rings is 1. The number of anilines is 1. The molecule has 2 amide bonds. The van der Waals surface area contributed by atoms with E-state index in [9.17, 15) is 9.59 Å². The lowest BCUT2D eigenvalue weighted by Gasteiger charge is -2.33. The number of piperazine rings is 1. The average molecular weight is 352 g/mol. The number of aromatic nitrogens is 1. The molecule has 0 radical (unpaired) electrons. The van der Waals surface area contributed by atoms with Crippen molar-refractivity contribution in [3.63, 3.8) is 0 Å². The Bertz CT molecular complexity index is 728. The first-order valence-electron chi connectivity index (χ1n) is 8.99. The van der Waals surface area contributed by atoms with Crippen molar-refractivity contribution in [2.24, 2.45) is 0 Å². The van der Waals surface area contributed by atoms with Crippen molar-refractivity contribution in [3.8, 4) is 0 Å². The largest absolute Gasteiger partial charge is 0.353 e. The summed E-state index contributed by atoms with van der Waals surface area (Å²) in [5, 5.41) is 2.98. The van der Waals surface area contributed by atoms with Crippen LogP contribution in [0.2, 0.25) is 0 Å². The molecule has 136 valence electrons. The molecule has 1 aromatic carbocycles. The maximum absolute atomic E-state index is 12.4. The van der Waals surface area contributed by atoms with Gasteiger partial charge in [-0.05, 0) is 30.5 Å². The standard InChI is InChI=1S/C20H24N4O2/c25-16-23-11-13-24(14-12-23)19-15-18(8-10-21-19)20(26)22-9-4-7-17-5-2-1-3-6-17/h1-3,5-6,8,10,15-16H,4,7,9,11-14H2,(H,22,26). The number of benzene rings is 1. The minimum absolute atomic E-state index is 0.0757. The summed E-state index contributed by atoms with van der Waals surface area (Å²) in [6, 6.07) is 13.8. The topological polar surface area (TPSA) is 65.5 Å². The highest BCUT2D eigenvalue weighted by molar-refractivity contribution is 5.94. The van der Waals surface area contributed by atoms with Crippen LogP contribution >= 0.6 is 0 Å². The normalized spacial score (nSPS) is 14.2. The number of nitrogens with zero attached hydrogens (tertiary/aromatic N) is 3. The van der Waals surface area contributed by atoms with E-state index in [2.05, 4.69) is 27.3 Å². The molecule has 3 rings (SSSR count). The minimum atomic E-state index is -0.0757. The van der Waals surface area contributed by atoms with E-state index < -0.39 is 0 Å². The summed E-state index contributed by atoms with van der Waals surface area (Å²) < 4.78 is 0. The van der Waals surface area contributed by atoms with Crippen molar-refractivity contribution < 1.29 is 9.59 Å². The van der Waals surface area contributed by atoms with Crippen LogP contribution in [-0.4, -0.2) is 54.9 Å². The zero-order valence-corrected chi connectivity index (χ0v) is 14.8. The van der Waals surface area contributed by atoms with Gasteiger partial charge in [0, 0.05) is 44.5 Å². The van der Waals surface area contributed by atoms with Crippen LogP contribution in [0.15, 0.2) is 48.7 Å². The highest BCUT2D eigenvalue weighted by atomic mass is 16.1. The summed E-state index contributed by atoms with van der Waals surface area (Å²) in [5.74, 6) is 0.709. The Morgan fingerprint density at radius 3 is 2.62 bits per heavy atom. The molecule has 6 heteroatoms. The van der Waals surface area contributed by atoms with Crippen LogP contribution in [-0.2, 0) is 11.2 Å². The van der Waals surface area contributed by atoms with Gasteiger partial charge < -0.3 is 15.1 Å².